The lowest BCUT2D eigenvalue weighted by molar-refractivity contribution is 0.625. The zero-order chi connectivity index (χ0) is 8.97. The molecule has 1 aromatic rings. The van der Waals surface area contributed by atoms with Crippen molar-refractivity contribution in [3.8, 4) is 0 Å². The van der Waals surface area contributed by atoms with E-state index >= 15 is 0 Å². The van der Waals surface area contributed by atoms with E-state index in [-0.39, 0.29) is 5.82 Å². The number of hydrogen-bond acceptors (Lipinski definition) is 1. The number of benzene rings is 1. The fourth-order valence-electron chi connectivity index (χ4n) is 0.856. The van der Waals surface area contributed by atoms with E-state index in [0.717, 1.165) is 0 Å². The molecule has 0 aromatic heterocycles. The Morgan fingerprint density at radius 3 is 2.83 bits per heavy atom. The Balaban J connectivity index is 3.04. The summed E-state index contributed by atoms with van der Waals surface area (Å²) in [6.45, 7) is 0.380. The Hall–Kier alpha value is -0.860. The van der Waals surface area contributed by atoms with Crippen LogP contribution in [0.15, 0.2) is 24.3 Å². The first-order chi connectivity index (χ1) is 5.75. The SMILES string of the molecule is NCC=Cc1c(F)cccc1Cl. The van der Waals surface area contributed by atoms with Gasteiger partial charge in [-0.3, -0.25) is 0 Å². The number of nitrogens with two attached hydrogens (primary N) is 1. The third kappa shape index (κ3) is 2.06. The van der Waals surface area contributed by atoms with Gasteiger partial charge in [0.1, 0.15) is 5.82 Å². The predicted octanol–water partition coefficient (Wildman–Crippen LogP) is 2.45. The summed E-state index contributed by atoms with van der Waals surface area (Å²) in [6, 6.07) is 4.57. The molecule has 2 N–H and O–H groups in total. The van der Waals surface area contributed by atoms with Gasteiger partial charge in [0, 0.05) is 12.1 Å². The van der Waals surface area contributed by atoms with Crippen LogP contribution in [0.25, 0.3) is 6.08 Å². The van der Waals surface area contributed by atoms with E-state index in [2.05, 4.69) is 0 Å². The van der Waals surface area contributed by atoms with Crippen LogP contribution >= 0.6 is 11.6 Å². The van der Waals surface area contributed by atoms with Gasteiger partial charge in [-0.1, -0.05) is 29.8 Å². The molecule has 0 radical (unpaired) electrons. The van der Waals surface area contributed by atoms with Gasteiger partial charge in [-0.15, -0.1) is 0 Å². The van der Waals surface area contributed by atoms with Crippen LogP contribution in [0.4, 0.5) is 4.39 Å². The molecule has 0 aliphatic heterocycles. The van der Waals surface area contributed by atoms with Crippen molar-refractivity contribution < 1.29 is 4.39 Å². The summed E-state index contributed by atoms with van der Waals surface area (Å²) in [5.74, 6) is -0.327. The van der Waals surface area contributed by atoms with Crippen molar-refractivity contribution in [1.82, 2.24) is 0 Å². The molecular formula is C9H9ClFN. The minimum atomic E-state index is -0.327. The molecule has 0 fully saturated rings. The van der Waals surface area contributed by atoms with E-state index in [1.165, 1.54) is 6.07 Å². The van der Waals surface area contributed by atoms with Crippen molar-refractivity contribution in [3.63, 3.8) is 0 Å². The maximum Gasteiger partial charge on any atom is 0.131 e. The fourth-order valence-corrected chi connectivity index (χ4v) is 1.08. The van der Waals surface area contributed by atoms with Crippen molar-refractivity contribution in [1.29, 1.82) is 0 Å². The van der Waals surface area contributed by atoms with Gasteiger partial charge in [0.15, 0.2) is 0 Å². The Labute approximate surface area is 75.6 Å². The van der Waals surface area contributed by atoms with Crippen molar-refractivity contribution in [2.24, 2.45) is 5.73 Å². The molecule has 1 rings (SSSR count). The summed E-state index contributed by atoms with van der Waals surface area (Å²) < 4.78 is 13.0. The summed E-state index contributed by atoms with van der Waals surface area (Å²) in [4.78, 5) is 0. The zero-order valence-corrected chi connectivity index (χ0v) is 7.18. The van der Waals surface area contributed by atoms with Crippen molar-refractivity contribution in [2.75, 3.05) is 6.54 Å². The molecule has 0 saturated heterocycles. The molecule has 1 nitrogen and oxygen atoms in total. The molecule has 0 atom stereocenters. The molecule has 0 heterocycles. The van der Waals surface area contributed by atoms with Gasteiger partial charge < -0.3 is 5.73 Å². The molecule has 0 amide bonds. The van der Waals surface area contributed by atoms with Crippen LogP contribution in [0, 0.1) is 5.82 Å². The van der Waals surface area contributed by atoms with E-state index in [1.54, 1.807) is 24.3 Å². The molecule has 0 saturated carbocycles. The lowest BCUT2D eigenvalue weighted by atomic mass is 10.2. The van der Waals surface area contributed by atoms with Crippen LogP contribution in [0.5, 0.6) is 0 Å². The van der Waals surface area contributed by atoms with E-state index in [0.29, 0.717) is 17.1 Å². The Bertz CT molecular complexity index is 276. The Morgan fingerprint density at radius 2 is 2.25 bits per heavy atom. The highest BCUT2D eigenvalue weighted by Crippen LogP contribution is 2.19. The van der Waals surface area contributed by atoms with Crippen LogP contribution in [0.1, 0.15) is 5.56 Å². The van der Waals surface area contributed by atoms with Gasteiger partial charge in [0.25, 0.3) is 0 Å². The monoisotopic (exact) mass is 185 g/mol. The average molecular weight is 186 g/mol. The lowest BCUT2D eigenvalue weighted by Gasteiger charge is -1.98. The first-order valence-electron chi connectivity index (χ1n) is 3.56. The van der Waals surface area contributed by atoms with Crippen molar-refractivity contribution in [3.05, 3.63) is 40.7 Å². The summed E-state index contributed by atoms with van der Waals surface area (Å²) in [6.07, 6.45) is 3.24. The van der Waals surface area contributed by atoms with E-state index in [4.69, 9.17) is 17.3 Å². The topological polar surface area (TPSA) is 26.0 Å². The van der Waals surface area contributed by atoms with Crippen LogP contribution in [0.3, 0.4) is 0 Å². The quantitative estimate of drug-likeness (QED) is 0.753. The lowest BCUT2D eigenvalue weighted by Crippen LogP contribution is -1.92. The van der Waals surface area contributed by atoms with Gasteiger partial charge >= 0.3 is 0 Å². The standard InChI is InChI=1S/C9H9ClFN/c10-8-4-1-5-9(11)7(8)3-2-6-12/h1-5H,6,12H2. The highest BCUT2D eigenvalue weighted by Gasteiger charge is 2.01. The first-order valence-corrected chi connectivity index (χ1v) is 3.94. The third-order valence-corrected chi connectivity index (χ3v) is 1.75. The third-order valence-electron chi connectivity index (χ3n) is 1.42. The average Bonchev–Trinajstić information content (AvgIpc) is 2.04. The van der Waals surface area contributed by atoms with Gasteiger partial charge in [0.05, 0.1) is 5.02 Å². The molecule has 12 heavy (non-hydrogen) atoms. The second kappa shape index (κ2) is 4.24. The van der Waals surface area contributed by atoms with E-state index < -0.39 is 0 Å². The molecule has 0 spiro atoms. The molecule has 3 heteroatoms. The van der Waals surface area contributed by atoms with Gasteiger partial charge in [-0.25, -0.2) is 4.39 Å². The number of halogens is 2. The van der Waals surface area contributed by atoms with E-state index in [9.17, 15) is 4.39 Å². The molecular weight excluding hydrogens is 177 g/mol. The van der Waals surface area contributed by atoms with Crippen LogP contribution < -0.4 is 5.73 Å². The minimum Gasteiger partial charge on any atom is -0.327 e. The largest absolute Gasteiger partial charge is 0.327 e. The van der Waals surface area contributed by atoms with Crippen molar-refractivity contribution >= 4 is 17.7 Å². The van der Waals surface area contributed by atoms with Crippen molar-refractivity contribution in [2.45, 2.75) is 0 Å². The molecule has 0 unspecified atom stereocenters. The predicted molar refractivity (Wildman–Crippen MR) is 49.5 cm³/mol. The first kappa shape index (κ1) is 9.23. The number of hydrogen-bond donors (Lipinski definition) is 1. The Morgan fingerprint density at radius 1 is 1.50 bits per heavy atom. The van der Waals surface area contributed by atoms with Crippen LogP contribution in [-0.2, 0) is 0 Å². The second-order valence-corrected chi connectivity index (χ2v) is 2.68. The summed E-state index contributed by atoms with van der Waals surface area (Å²) in [5.41, 5.74) is 5.62. The molecule has 1 aromatic carbocycles. The normalized spacial score (nSPS) is 10.9. The fraction of sp³-hybridized carbons (Fsp3) is 0.111. The molecule has 0 aliphatic rings. The smallest absolute Gasteiger partial charge is 0.131 e. The summed E-state index contributed by atoms with van der Waals surface area (Å²) in [5, 5.41) is 0.403. The van der Waals surface area contributed by atoms with Gasteiger partial charge in [-0.2, -0.15) is 0 Å². The Kier molecular flexibility index (Phi) is 3.26. The molecule has 0 bridgehead atoms. The van der Waals surface area contributed by atoms with Gasteiger partial charge in [0.2, 0.25) is 0 Å². The zero-order valence-electron chi connectivity index (χ0n) is 6.43. The highest BCUT2D eigenvalue weighted by atomic mass is 35.5. The van der Waals surface area contributed by atoms with Gasteiger partial charge in [-0.05, 0) is 12.1 Å². The molecule has 64 valence electrons. The van der Waals surface area contributed by atoms with E-state index in [1.807, 2.05) is 0 Å². The number of rotatable bonds is 2. The molecule has 0 aliphatic carbocycles. The minimum absolute atomic E-state index is 0.327. The summed E-state index contributed by atoms with van der Waals surface area (Å²) >= 11 is 5.73. The second-order valence-electron chi connectivity index (χ2n) is 2.27. The maximum absolute atomic E-state index is 13.0. The highest BCUT2D eigenvalue weighted by molar-refractivity contribution is 6.32. The van der Waals surface area contributed by atoms with Crippen LogP contribution in [-0.4, -0.2) is 6.54 Å². The summed E-state index contributed by atoms with van der Waals surface area (Å²) in [7, 11) is 0. The maximum atomic E-state index is 13.0. The van der Waals surface area contributed by atoms with Crippen LogP contribution in [0.2, 0.25) is 5.02 Å².